The first kappa shape index (κ1) is 26.4. The average Bonchev–Trinajstić information content (AvgIpc) is 2.81. The van der Waals surface area contributed by atoms with E-state index in [0.717, 1.165) is 16.8 Å². The Kier molecular flexibility index (Phi) is 10.1. The number of amides is 3. The molecule has 0 saturated heterocycles. The van der Waals surface area contributed by atoms with Crippen molar-refractivity contribution in [2.24, 2.45) is 5.10 Å². The van der Waals surface area contributed by atoms with Crippen molar-refractivity contribution in [1.29, 1.82) is 0 Å². The van der Waals surface area contributed by atoms with E-state index in [-0.39, 0.29) is 18.6 Å². The molecule has 2 aromatic carbocycles. The molecule has 0 spiro atoms. The van der Waals surface area contributed by atoms with E-state index in [4.69, 9.17) is 9.47 Å². The van der Waals surface area contributed by atoms with Crippen LogP contribution in [-0.2, 0) is 14.4 Å². The number of benzene rings is 2. The van der Waals surface area contributed by atoms with Gasteiger partial charge in [0.15, 0.2) is 18.1 Å². The highest BCUT2D eigenvalue weighted by molar-refractivity contribution is 6.35. The number of hydrazone groups is 1. The molecule has 3 N–H and O–H groups in total. The number of aryl methyl sites for hydroxylation is 1. The Bertz CT molecular complexity index is 1050. The number of nitrogens with zero attached hydrogens (tertiary/aromatic N) is 1. The van der Waals surface area contributed by atoms with Crippen LogP contribution in [0.3, 0.4) is 0 Å². The molecule has 0 aliphatic heterocycles. The zero-order chi connectivity index (χ0) is 25.1. The van der Waals surface area contributed by atoms with E-state index in [9.17, 15) is 14.4 Å². The number of hydrogen-bond donors (Lipinski definition) is 3. The molecule has 1 atom stereocenters. The van der Waals surface area contributed by atoms with Crippen molar-refractivity contribution in [3.05, 3.63) is 53.1 Å². The normalized spacial score (nSPS) is 11.6. The van der Waals surface area contributed by atoms with E-state index in [0.29, 0.717) is 30.1 Å². The number of carbonyl (C=O) groups is 3. The van der Waals surface area contributed by atoms with Crippen molar-refractivity contribution in [3.8, 4) is 11.5 Å². The van der Waals surface area contributed by atoms with Gasteiger partial charge in [0.1, 0.15) is 0 Å². The van der Waals surface area contributed by atoms with Gasteiger partial charge in [0.2, 0.25) is 0 Å². The summed E-state index contributed by atoms with van der Waals surface area (Å²) in [4.78, 5) is 35.9. The van der Waals surface area contributed by atoms with Gasteiger partial charge in [-0.15, -0.1) is 0 Å². The SMILES string of the molecule is CCOc1cc(/C=N\NC(=O)C(=O)N[C@@H](C)CC)ccc1OCC(=O)Nc1cccc(C)c1C. The van der Waals surface area contributed by atoms with E-state index in [1.165, 1.54) is 6.21 Å². The van der Waals surface area contributed by atoms with Gasteiger partial charge in [0.25, 0.3) is 5.91 Å². The Labute approximate surface area is 199 Å². The van der Waals surface area contributed by atoms with Gasteiger partial charge in [-0.05, 0) is 75.1 Å². The molecule has 0 heterocycles. The monoisotopic (exact) mass is 468 g/mol. The fourth-order valence-corrected chi connectivity index (χ4v) is 2.82. The van der Waals surface area contributed by atoms with Crippen LogP contribution in [-0.4, -0.2) is 43.2 Å². The topological polar surface area (TPSA) is 118 Å². The van der Waals surface area contributed by atoms with Gasteiger partial charge in [-0.25, -0.2) is 5.43 Å². The quantitative estimate of drug-likeness (QED) is 0.281. The summed E-state index contributed by atoms with van der Waals surface area (Å²) in [7, 11) is 0. The minimum atomic E-state index is -0.851. The van der Waals surface area contributed by atoms with Crippen LogP contribution in [0.1, 0.15) is 43.9 Å². The zero-order valence-electron chi connectivity index (χ0n) is 20.2. The van der Waals surface area contributed by atoms with Gasteiger partial charge in [0.05, 0.1) is 12.8 Å². The number of nitrogens with one attached hydrogen (secondary N) is 3. The summed E-state index contributed by atoms with van der Waals surface area (Å²) >= 11 is 0. The van der Waals surface area contributed by atoms with Gasteiger partial charge < -0.3 is 20.1 Å². The summed E-state index contributed by atoms with van der Waals surface area (Å²) in [6, 6.07) is 10.6. The third-order valence-electron chi connectivity index (χ3n) is 5.08. The number of rotatable bonds is 10. The van der Waals surface area contributed by atoms with Crippen molar-refractivity contribution < 1.29 is 23.9 Å². The van der Waals surface area contributed by atoms with Gasteiger partial charge in [-0.2, -0.15) is 5.10 Å². The number of anilines is 1. The molecule has 0 bridgehead atoms. The molecule has 9 heteroatoms. The molecule has 182 valence electrons. The molecule has 0 aliphatic carbocycles. The fraction of sp³-hybridized carbons (Fsp3) is 0.360. The third kappa shape index (κ3) is 7.91. The summed E-state index contributed by atoms with van der Waals surface area (Å²) in [5, 5.41) is 9.23. The minimum Gasteiger partial charge on any atom is -0.490 e. The average molecular weight is 469 g/mol. The molecule has 2 rings (SSSR count). The van der Waals surface area contributed by atoms with Gasteiger partial charge in [0, 0.05) is 11.7 Å². The van der Waals surface area contributed by atoms with Crippen LogP contribution in [0.5, 0.6) is 11.5 Å². The second-order valence-electron chi connectivity index (χ2n) is 7.71. The summed E-state index contributed by atoms with van der Waals surface area (Å²) in [5.74, 6) is -1.07. The Morgan fingerprint density at radius 2 is 1.79 bits per heavy atom. The maximum atomic E-state index is 12.4. The molecule has 3 amide bonds. The largest absolute Gasteiger partial charge is 0.490 e. The van der Waals surface area contributed by atoms with Crippen LogP contribution >= 0.6 is 0 Å². The Balaban J connectivity index is 1.98. The van der Waals surface area contributed by atoms with Crippen LogP contribution in [0.15, 0.2) is 41.5 Å². The van der Waals surface area contributed by atoms with E-state index >= 15 is 0 Å². The van der Waals surface area contributed by atoms with Gasteiger partial charge >= 0.3 is 11.8 Å². The molecular weight excluding hydrogens is 436 g/mol. The summed E-state index contributed by atoms with van der Waals surface area (Å²) in [6.45, 7) is 9.66. The highest BCUT2D eigenvalue weighted by Gasteiger charge is 2.14. The molecule has 34 heavy (non-hydrogen) atoms. The molecule has 0 fully saturated rings. The van der Waals surface area contributed by atoms with Crippen molar-refractivity contribution >= 4 is 29.6 Å². The standard InChI is InChI=1S/C25H32N4O5/c1-6-17(4)27-24(31)25(32)29-26-14-19-11-12-21(22(13-19)33-7-2)34-15-23(30)28-20-10-8-9-16(3)18(20)5/h8-14,17H,6-7,15H2,1-5H3,(H,27,31)(H,28,30)(H,29,32)/b26-14-/t17-/m0/s1. The van der Waals surface area contributed by atoms with Crippen molar-refractivity contribution in [1.82, 2.24) is 10.7 Å². The summed E-state index contributed by atoms with van der Waals surface area (Å²) < 4.78 is 11.3. The maximum Gasteiger partial charge on any atom is 0.329 e. The lowest BCUT2D eigenvalue weighted by Gasteiger charge is -2.14. The Morgan fingerprint density at radius 1 is 1.03 bits per heavy atom. The van der Waals surface area contributed by atoms with E-state index in [1.54, 1.807) is 25.1 Å². The highest BCUT2D eigenvalue weighted by atomic mass is 16.5. The van der Waals surface area contributed by atoms with Crippen molar-refractivity contribution in [2.75, 3.05) is 18.5 Å². The lowest BCUT2D eigenvalue weighted by molar-refractivity contribution is -0.139. The van der Waals surface area contributed by atoms with E-state index in [1.807, 2.05) is 45.9 Å². The maximum absolute atomic E-state index is 12.4. The zero-order valence-corrected chi connectivity index (χ0v) is 20.2. The lowest BCUT2D eigenvalue weighted by atomic mass is 10.1. The first-order valence-electron chi connectivity index (χ1n) is 11.1. The molecule has 2 aromatic rings. The van der Waals surface area contributed by atoms with Crippen molar-refractivity contribution in [3.63, 3.8) is 0 Å². The Morgan fingerprint density at radius 3 is 2.50 bits per heavy atom. The van der Waals surface area contributed by atoms with Crippen LogP contribution in [0, 0.1) is 13.8 Å². The summed E-state index contributed by atoms with van der Waals surface area (Å²) in [6.07, 6.45) is 2.10. The number of carbonyl (C=O) groups excluding carboxylic acids is 3. The predicted octanol–water partition coefficient (Wildman–Crippen LogP) is 3.08. The van der Waals surface area contributed by atoms with Crippen LogP contribution < -0.4 is 25.5 Å². The van der Waals surface area contributed by atoms with Crippen LogP contribution in [0.4, 0.5) is 5.69 Å². The molecule has 9 nitrogen and oxygen atoms in total. The lowest BCUT2D eigenvalue weighted by Crippen LogP contribution is -2.41. The smallest absolute Gasteiger partial charge is 0.329 e. The predicted molar refractivity (Wildman–Crippen MR) is 131 cm³/mol. The Hall–Kier alpha value is -3.88. The number of ether oxygens (including phenoxy) is 2. The molecule has 0 saturated carbocycles. The van der Waals surface area contributed by atoms with Crippen LogP contribution in [0.25, 0.3) is 0 Å². The molecular formula is C25H32N4O5. The molecule has 0 unspecified atom stereocenters. The molecule has 0 aliphatic rings. The minimum absolute atomic E-state index is 0.105. The highest BCUT2D eigenvalue weighted by Crippen LogP contribution is 2.28. The van der Waals surface area contributed by atoms with Gasteiger partial charge in [-0.1, -0.05) is 19.1 Å². The van der Waals surface area contributed by atoms with E-state index in [2.05, 4.69) is 21.2 Å². The van der Waals surface area contributed by atoms with Gasteiger partial charge in [-0.3, -0.25) is 14.4 Å². The first-order valence-corrected chi connectivity index (χ1v) is 11.1. The van der Waals surface area contributed by atoms with Crippen LogP contribution in [0.2, 0.25) is 0 Å². The first-order chi connectivity index (χ1) is 16.2. The fourth-order valence-electron chi connectivity index (χ4n) is 2.82. The van der Waals surface area contributed by atoms with E-state index < -0.39 is 11.8 Å². The van der Waals surface area contributed by atoms with Crippen molar-refractivity contribution in [2.45, 2.75) is 47.1 Å². The summed E-state index contributed by atoms with van der Waals surface area (Å²) in [5.41, 5.74) is 5.63. The third-order valence-corrected chi connectivity index (χ3v) is 5.08. The molecule has 0 aromatic heterocycles. The second kappa shape index (κ2) is 13.0. The molecule has 0 radical (unpaired) electrons. The number of hydrogen-bond acceptors (Lipinski definition) is 6. The second-order valence-corrected chi connectivity index (χ2v) is 7.71.